The van der Waals surface area contributed by atoms with E-state index in [1.54, 1.807) is 7.11 Å². The second-order valence-electron chi connectivity index (χ2n) is 4.77. The molecule has 2 N–H and O–H groups in total. The van der Waals surface area contributed by atoms with Crippen LogP contribution in [-0.4, -0.2) is 12.7 Å². The summed E-state index contributed by atoms with van der Waals surface area (Å²) in [6.07, 6.45) is 0.900. The fourth-order valence-corrected chi connectivity index (χ4v) is 2.03. The lowest BCUT2D eigenvalue weighted by Gasteiger charge is -2.33. The van der Waals surface area contributed by atoms with Crippen molar-refractivity contribution >= 4 is 0 Å². The van der Waals surface area contributed by atoms with Crippen LogP contribution in [0.4, 0.5) is 0 Å². The molecule has 2 unspecified atom stereocenters. The Balaban J connectivity index is 3.08. The van der Waals surface area contributed by atoms with Crippen LogP contribution in [0, 0.1) is 13.8 Å². The Kier molecular flexibility index (Phi) is 4.11. The average molecular weight is 221 g/mol. The van der Waals surface area contributed by atoms with Crippen LogP contribution in [0.15, 0.2) is 18.2 Å². The largest absolute Gasteiger partial charge is 0.377 e. The summed E-state index contributed by atoms with van der Waals surface area (Å²) in [4.78, 5) is 0. The van der Waals surface area contributed by atoms with Gasteiger partial charge in [0.15, 0.2) is 0 Å². The van der Waals surface area contributed by atoms with Gasteiger partial charge in [-0.3, -0.25) is 0 Å². The van der Waals surface area contributed by atoms with E-state index < -0.39 is 0 Å². The second kappa shape index (κ2) is 4.98. The normalized spacial score (nSPS) is 16.9. The number of ether oxygens (including phenoxy) is 1. The number of methoxy groups -OCH3 is 1. The molecule has 0 fully saturated rings. The zero-order valence-corrected chi connectivity index (χ0v) is 11.0. The van der Waals surface area contributed by atoms with Crippen LogP contribution in [0.1, 0.15) is 43.0 Å². The van der Waals surface area contributed by atoms with Gasteiger partial charge < -0.3 is 10.5 Å². The van der Waals surface area contributed by atoms with E-state index in [9.17, 15) is 0 Å². The predicted octanol–water partition coefficient (Wildman–Crippen LogP) is 3.12. The molecule has 90 valence electrons. The van der Waals surface area contributed by atoms with Crippen molar-refractivity contribution in [1.29, 1.82) is 0 Å². The van der Waals surface area contributed by atoms with Gasteiger partial charge in [-0.2, -0.15) is 0 Å². The molecule has 2 nitrogen and oxygen atoms in total. The Morgan fingerprint density at radius 2 is 1.75 bits per heavy atom. The molecular formula is C14H23NO. The average Bonchev–Trinajstić information content (AvgIpc) is 2.25. The number of benzene rings is 1. The Morgan fingerprint density at radius 1 is 1.25 bits per heavy atom. The van der Waals surface area contributed by atoms with Gasteiger partial charge >= 0.3 is 0 Å². The molecule has 0 amide bonds. The topological polar surface area (TPSA) is 35.2 Å². The van der Waals surface area contributed by atoms with Crippen molar-refractivity contribution in [3.63, 3.8) is 0 Å². The first-order valence-corrected chi connectivity index (χ1v) is 5.82. The molecular weight excluding hydrogens is 198 g/mol. The molecule has 0 aliphatic heterocycles. The molecule has 0 spiro atoms. The van der Waals surface area contributed by atoms with Crippen molar-refractivity contribution < 1.29 is 4.74 Å². The summed E-state index contributed by atoms with van der Waals surface area (Å²) >= 11 is 0. The highest BCUT2D eigenvalue weighted by atomic mass is 16.5. The van der Waals surface area contributed by atoms with E-state index in [1.165, 1.54) is 11.1 Å². The lowest BCUT2D eigenvalue weighted by Crippen LogP contribution is -2.39. The van der Waals surface area contributed by atoms with E-state index in [4.69, 9.17) is 10.5 Å². The van der Waals surface area contributed by atoms with E-state index in [0.717, 1.165) is 12.0 Å². The highest BCUT2D eigenvalue weighted by Crippen LogP contribution is 2.30. The minimum Gasteiger partial charge on any atom is -0.377 e. The summed E-state index contributed by atoms with van der Waals surface area (Å²) in [5.74, 6) is 0. The number of hydrogen-bond acceptors (Lipinski definition) is 2. The van der Waals surface area contributed by atoms with Gasteiger partial charge in [0.1, 0.15) is 0 Å². The summed E-state index contributed by atoms with van der Waals surface area (Å²) in [5.41, 5.74) is 9.67. The Hall–Kier alpha value is -0.860. The minimum atomic E-state index is -0.291. The maximum absolute atomic E-state index is 6.31. The van der Waals surface area contributed by atoms with E-state index in [2.05, 4.69) is 45.9 Å². The molecule has 0 aliphatic carbocycles. The number of aryl methyl sites for hydroxylation is 2. The van der Waals surface area contributed by atoms with Crippen LogP contribution >= 0.6 is 0 Å². The van der Waals surface area contributed by atoms with E-state index >= 15 is 0 Å². The smallest absolute Gasteiger partial charge is 0.0839 e. The summed E-state index contributed by atoms with van der Waals surface area (Å²) in [6.45, 7) is 8.36. The molecule has 0 bridgehead atoms. The zero-order chi connectivity index (χ0) is 12.3. The van der Waals surface area contributed by atoms with Crippen molar-refractivity contribution in [1.82, 2.24) is 0 Å². The van der Waals surface area contributed by atoms with Gasteiger partial charge in [0.2, 0.25) is 0 Å². The molecule has 0 saturated carbocycles. The number of rotatable bonds is 4. The van der Waals surface area contributed by atoms with E-state index in [0.29, 0.717) is 0 Å². The van der Waals surface area contributed by atoms with Gasteiger partial charge in [-0.15, -0.1) is 0 Å². The van der Waals surface area contributed by atoms with Crippen molar-refractivity contribution in [2.45, 2.75) is 45.8 Å². The van der Waals surface area contributed by atoms with Crippen molar-refractivity contribution in [2.24, 2.45) is 5.73 Å². The summed E-state index contributed by atoms with van der Waals surface area (Å²) in [5, 5.41) is 0. The maximum Gasteiger partial charge on any atom is 0.0839 e. The molecule has 0 saturated heterocycles. The highest BCUT2D eigenvalue weighted by Gasteiger charge is 2.30. The van der Waals surface area contributed by atoms with Gasteiger partial charge in [0.25, 0.3) is 0 Å². The van der Waals surface area contributed by atoms with Gasteiger partial charge in [-0.25, -0.2) is 0 Å². The lowest BCUT2D eigenvalue weighted by molar-refractivity contribution is -0.0194. The Bertz CT molecular complexity index is 336. The van der Waals surface area contributed by atoms with Crippen molar-refractivity contribution in [3.05, 3.63) is 34.9 Å². The molecule has 1 rings (SSSR count). The highest BCUT2D eigenvalue weighted by molar-refractivity contribution is 5.31. The third-order valence-electron chi connectivity index (χ3n) is 3.43. The fourth-order valence-electron chi connectivity index (χ4n) is 2.03. The Morgan fingerprint density at radius 3 is 2.12 bits per heavy atom. The molecule has 2 atom stereocenters. The van der Waals surface area contributed by atoms with Crippen LogP contribution < -0.4 is 5.73 Å². The van der Waals surface area contributed by atoms with Gasteiger partial charge in [-0.1, -0.05) is 36.2 Å². The van der Waals surface area contributed by atoms with Gasteiger partial charge in [-0.05, 0) is 32.8 Å². The van der Waals surface area contributed by atoms with E-state index in [1.807, 2.05) is 0 Å². The molecule has 0 radical (unpaired) electrons. The number of nitrogens with two attached hydrogens (primary N) is 1. The van der Waals surface area contributed by atoms with Gasteiger partial charge in [0, 0.05) is 7.11 Å². The maximum atomic E-state index is 6.31. The molecule has 0 aliphatic rings. The second-order valence-corrected chi connectivity index (χ2v) is 4.77. The van der Waals surface area contributed by atoms with Crippen LogP contribution in [0.5, 0.6) is 0 Å². The molecule has 16 heavy (non-hydrogen) atoms. The molecule has 1 aromatic carbocycles. The first-order valence-electron chi connectivity index (χ1n) is 5.82. The molecule has 0 heterocycles. The lowest BCUT2D eigenvalue weighted by atomic mass is 9.87. The summed E-state index contributed by atoms with van der Waals surface area (Å²) in [6, 6.07) is 6.36. The SMILES string of the molecule is CCC(C)(OC)C(N)c1cc(C)cc(C)c1. The monoisotopic (exact) mass is 221 g/mol. The standard InChI is InChI=1S/C14H23NO/c1-6-14(4,16-5)13(15)12-8-10(2)7-11(3)9-12/h7-9,13H,6,15H2,1-5H3. The van der Waals surface area contributed by atoms with Crippen LogP contribution in [0.2, 0.25) is 0 Å². The zero-order valence-electron chi connectivity index (χ0n) is 11.0. The van der Waals surface area contributed by atoms with Crippen LogP contribution in [0.25, 0.3) is 0 Å². The molecule has 1 aromatic rings. The molecule has 2 heteroatoms. The quantitative estimate of drug-likeness (QED) is 0.848. The Labute approximate surface area is 98.8 Å². The molecule has 0 aromatic heterocycles. The summed E-state index contributed by atoms with van der Waals surface area (Å²) < 4.78 is 5.56. The fraction of sp³-hybridized carbons (Fsp3) is 0.571. The van der Waals surface area contributed by atoms with Crippen LogP contribution in [0.3, 0.4) is 0 Å². The van der Waals surface area contributed by atoms with E-state index in [-0.39, 0.29) is 11.6 Å². The third kappa shape index (κ3) is 2.63. The van der Waals surface area contributed by atoms with Crippen molar-refractivity contribution in [3.8, 4) is 0 Å². The van der Waals surface area contributed by atoms with Gasteiger partial charge in [0.05, 0.1) is 11.6 Å². The first kappa shape index (κ1) is 13.2. The summed E-state index contributed by atoms with van der Waals surface area (Å²) in [7, 11) is 1.73. The predicted molar refractivity (Wildman–Crippen MR) is 68.5 cm³/mol. The first-order chi connectivity index (χ1) is 7.42. The number of hydrogen-bond donors (Lipinski definition) is 1. The van der Waals surface area contributed by atoms with Crippen LogP contribution in [-0.2, 0) is 4.74 Å². The minimum absolute atomic E-state index is 0.0823. The van der Waals surface area contributed by atoms with Crippen molar-refractivity contribution in [2.75, 3.05) is 7.11 Å². The third-order valence-corrected chi connectivity index (χ3v) is 3.43.